The van der Waals surface area contributed by atoms with E-state index >= 15 is 0 Å². The SMILES string of the molecule is COc1ccc(NC(C)=O)cc1NC(=O)CCN1C(=O)c2ccncc2C1=O. The molecule has 1 aliphatic heterocycles. The van der Waals surface area contributed by atoms with Crippen molar-refractivity contribution in [1.82, 2.24) is 9.88 Å². The number of pyridine rings is 1. The second kappa shape index (κ2) is 7.87. The number of carbonyl (C=O) groups excluding carboxylic acids is 4. The predicted octanol–water partition coefficient (Wildman–Crippen LogP) is 1.67. The van der Waals surface area contributed by atoms with Crippen molar-refractivity contribution >= 4 is 35.0 Å². The van der Waals surface area contributed by atoms with E-state index < -0.39 is 17.7 Å². The summed E-state index contributed by atoms with van der Waals surface area (Å²) in [6, 6.07) is 6.29. The van der Waals surface area contributed by atoms with E-state index in [1.807, 2.05) is 0 Å². The van der Waals surface area contributed by atoms with Gasteiger partial charge in [-0.25, -0.2) is 0 Å². The molecule has 1 aliphatic rings. The summed E-state index contributed by atoms with van der Waals surface area (Å²) in [7, 11) is 1.45. The number of anilines is 2. The van der Waals surface area contributed by atoms with Crippen LogP contribution in [-0.2, 0) is 9.59 Å². The van der Waals surface area contributed by atoms with Crippen molar-refractivity contribution in [3.05, 3.63) is 47.8 Å². The Bertz CT molecular complexity index is 938. The van der Waals surface area contributed by atoms with Crippen LogP contribution >= 0.6 is 0 Å². The van der Waals surface area contributed by atoms with Crippen molar-refractivity contribution in [2.24, 2.45) is 0 Å². The Morgan fingerprint density at radius 1 is 1.11 bits per heavy atom. The lowest BCUT2D eigenvalue weighted by molar-refractivity contribution is -0.116. The highest BCUT2D eigenvalue weighted by Crippen LogP contribution is 2.28. The van der Waals surface area contributed by atoms with Crippen LogP contribution < -0.4 is 15.4 Å². The number of aromatic nitrogens is 1. The number of imide groups is 1. The van der Waals surface area contributed by atoms with Gasteiger partial charge in [0.25, 0.3) is 11.8 Å². The summed E-state index contributed by atoms with van der Waals surface area (Å²) in [5.74, 6) is -1.16. The number of hydrogen-bond acceptors (Lipinski definition) is 6. The van der Waals surface area contributed by atoms with Crippen LogP contribution in [0, 0.1) is 0 Å². The topological polar surface area (TPSA) is 118 Å². The van der Waals surface area contributed by atoms with Gasteiger partial charge in [-0.3, -0.25) is 29.1 Å². The van der Waals surface area contributed by atoms with E-state index in [4.69, 9.17) is 4.74 Å². The van der Waals surface area contributed by atoms with Crippen molar-refractivity contribution < 1.29 is 23.9 Å². The number of methoxy groups -OCH3 is 1. The Morgan fingerprint density at radius 2 is 1.86 bits per heavy atom. The maximum atomic E-state index is 12.3. The first-order valence-electron chi connectivity index (χ1n) is 8.46. The number of rotatable bonds is 6. The summed E-state index contributed by atoms with van der Waals surface area (Å²) in [6.07, 6.45) is 2.69. The van der Waals surface area contributed by atoms with Crippen LogP contribution in [0.4, 0.5) is 11.4 Å². The van der Waals surface area contributed by atoms with Gasteiger partial charge in [-0.15, -0.1) is 0 Å². The largest absolute Gasteiger partial charge is 0.495 e. The van der Waals surface area contributed by atoms with Gasteiger partial charge in [0.15, 0.2) is 0 Å². The number of nitrogens with zero attached hydrogens (tertiary/aromatic N) is 2. The second-order valence-electron chi connectivity index (χ2n) is 6.08. The van der Waals surface area contributed by atoms with E-state index in [1.54, 1.807) is 18.2 Å². The fourth-order valence-electron chi connectivity index (χ4n) is 2.85. The van der Waals surface area contributed by atoms with Crippen LogP contribution in [0.3, 0.4) is 0 Å². The van der Waals surface area contributed by atoms with Crippen molar-refractivity contribution in [3.8, 4) is 5.75 Å². The third-order valence-electron chi connectivity index (χ3n) is 4.13. The van der Waals surface area contributed by atoms with Gasteiger partial charge in [0.2, 0.25) is 11.8 Å². The summed E-state index contributed by atoms with van der Waals surface area (Å²) in [6.45, 7) is 1.31. The van der Waals surface area contributed by atoms with E-state index in [-0.39, 0.29) is 30.0 Å². The zero-order valence-electron chi connectivity index (χ0n) is 15.3. The predicted molar refractivity (Wildman–Crippen MR) is 100 cm³/mol. The Morgan fingerprint density at radius 3 is 2.54 bits per heavy atom. The molecule has 28 heavy (non-hydrogen) atoms. The molecule has 0 aliphatic carbocycles. The van der Waals surface area contributed by atoms with Crippen LogP contribution in [-0.4, -0.2) is 47.2 Å². The van der Waals surface area contributed by atoms with Gasteiger partial charge in [-0.2, -0.15) is 0 Å². The van der Waals surface area contributed by atoms with Crippen LogP contribution in [0.15, 0.2) is 36.7 Å². The van der Waals surface area contributed by atoms with Crippen molar-refractivity contribution in [3.63, 3.8) is 0 Å². The summed E-state index contributed by atoms with van der Waals surface area (Å²) in [5.41, 5.74) is 1.38. The molecule has 1 aromatic carbocycles. The highest BCUT2D eigenvalue weighted by molar-refractivity contribution is 6.21. The molecule has 4 amide bonds. The second-order valence-corrected chi connectivity index (χ2v) is 6.08. The van der Waals surface area contributed by atoms with Gasteiger partial charge in [0, 0.05) is 38.0 Å². The number of nitrogens with one attached hydrogen (secondary N) is 2. The first-order chi connectivity index (χ1) is 13.4. The number of hydrogen-bond donors (Lipinski definition) is 2. The van der Waals surface area contributed by atoms with Crippen molar-refractivity contribution in [2.75, 3.05) is 24.3 Å². The van der Waals surface area contributed by atoms with E-state index in [0.717, 1.165) is 4.90 Å². The summed E-state index contributed by atoms with van der Waals surface area (Å²) < 4.78 is 5.21. The van der Waals surface area contributed by atoms with E-state index in [1.165, 1.54) is 32.5 Å². The van der Waals surface area contributed by atoms with Gasteiger partial charge in [-0.1, -0.05) is 0 Å². The van der Waals surface area contributed by atoms with Gasteiger partial charge < -0.3 is 15.4 Å². The third-order valence-corrected chi connectivity index (χ3v) is 4.13. The maximum absolute atomic E-state index is 12.3. The number of carbonyl (C=O) groups is 4. The zero-order chi connectivity index (χ0) is 20.3. The molecule has 2 aromatic rings. The Balaban J connectivity index is 1.66. The molecule has 0 unspecified atom stereocenters. The van der Waals surface area contributed by atoms with Crippen molar-refractivity contribution in [1.29, 1.82) is 0 Å². The lowest BCUT2D eigenvalue weighted by Gasteiger charge is -2.15. The Labute approximate surface area is 160 Å². The van der Waals surface area contributed by atoms with Crippen LogP contribution in [0.5, 0.6) is 5.75 Å². The minimum Gasteiger partial charge on any atom is -0.495 e. The number of benzene rings is 1. The Kier molecular flexibility index (Phi) is 5.35. The summed E-state index contributed by atoms with van der Waals surface area (Å²) in [5, 5.41) is 5.29. The molecule has 3 rings (SSSR count). The highest BCUT2D eigenvalue weighted by Gasteiger charge is 2.35. The monoisotopic (exact) mass is 382 g/mol. The molecule has 0 fully saturated rings. The molecule has 0 spiro atoms. The molecule has 0 bridgehead atoms. The summed E-state index contributed by atoms with van der Waals surface area (Å²) >= 11 is 0. The molecule has 9 heteroatoms. The average molecular weight is 382 g/mol. The standard InChI is InChI=1S/C19H18N4O5/c1-11(24)21-12-3-4-16(28-2)15(9-12)22-17(25)6-8-23-18(26)13-5-7-20-10-14(13)19(23)27/h3-5,7,9-10H,6,8H2,1-2H3,(H,21,24)(H,22,25). The molecule has 0 saturated heterocycles. The minimum absolute atomic E-state index is 0.0636. The van der Waals surface area contributed by atoms with E-state index in [2.05, 4.69) is 15.6 Å². The first-order valence-corrected chi connectivity index (χ1v) is 8.46. The molecule has 1 aromatic heterocycles. The van der Waals surface area contributed by atoms with Gasteiger partial charge >= 0.3 is 0 Å². The zero-order valence-corrected chi connectivity index (χ0v) is 15.3. The average Bonchev–Trinajstić information content (AvgIpc) is 2.91. The van der Waals surface area contributed by atoms with Crippen LogP contribution in [0.2, 0.25) is 0 Å². The van der Waals surface area contributed by atoms with Crippen LogP contribution in [0.25, 0.3) is 0 Å². The molecule has 0 radical (unpaired) electrons. The van der Waals surface area contributed by atoms with Crippen molar-refractivity contribution in [2.45, 2.75) is 13.3 Å². The molecule has 2 N–H and O–H groups in total. The third kappa shape index (κ3) is 3.83. The lowest BCUT2D eigenvalue weighted by Crippen LogP contribution is -2.32. The normalized spacial score (nSPS) is 12.6. The molecular weight excluding hydrogens is 364 g/mol. The first kappa shape index (κ1) is 19.0. The van der Waals surface area contributed by atoms with E-state index in [0.29, 0.717) is 17.1 Å². The molecule has 2 heterocycles. The molecule has 144 valence electrons. The number of fused-ring (bicyclic) bond motifs is 1. The molecule has 0 atom stereocenters. The van der Waals surface area contributed by atoms with E-state index in [9.17, 15) is 19.2 Å². The van der Waals surface area contributed by atoms with Crippen LogP contribution in [0.1, 0.15) is 34.1 Å². The molecule has 0 saturated carbocycles. The quantitative estimate of drug-likeness (QED) is 0.734. The van der Waals surface area contributed by atoms with Gasteiger partial charge in [0.05, 0.1) is 23.9 Å². The molecular formula is C19H18N4O5. The maximum Gasteiger partial charge on any atom is 0.263 e. The fraction of sp³-hybridized carbons (Fsp3) is 0.211. The number of amides is 4. The Hall–Kier alpha value is -3.75. The lowest BCUT2D eigenvalue weighted by atomic mass is 10.2. The van der Waals surface area contributed by atoms with Gasteiger partial charge in [-0.05, 0) is 24.3 Å². The smallest absolute Gasteiger partial charge is 0.263 e. The van der Waals surface area contributed by atoms with Gasteiger partial charge in [0.1, 0.15) is 5.75 Å². The minimum atomic E-state index is -0.467. The summed E-state index contributed by atoms with van der Waals surface area (Å²) in [4.78, 5) is 53.0. The fourth-order valence-corrected chi connectivity index (χ4v) is 2.85. The highest BCUT2D eigenvalue weighted by atomic mass is 16.5. The number of ether oxygens (including phenoxy) is 1. The molecule has 9 nitrogen and oxygen atoms in total.